The van der Waals surface area contributed by atoms with Crippen molar-refractivity contribution in [3.63, 3.8) is 0 Å². The van der Waals surface area contributed by atoms with Crippen LogP contribution in [0, 0.1) is 0 Å². The van der Waals surface area contributed by atoms with Crippen LogP contribution in [0.2, 0.25) is 0 Å². The van der Waals surface area contributed by atoms with Crippen LogP contribution in [-0.2, 0) is 4.79 Å². The van der Waals surface area contributed by atoms with E-state index in [1.54, 1.807) is 6.08 Å². The minimum absolute atomic E-state index is 0.0864. The number of nitrogens with one attached hydrogen (secondary N) is 1. The van der Waals surface area contributed by atoms with Gasteiger partial charge in [-0.05, 0) is 77.0 Å². The number of hydrogen-bond acceptors (Lipinski definition) is 3. The zero-order valence-corrected chi connectivity index (χ0v) is 31.9. The Morgan fingerprint density at radius 3 is 1.43 bits per heavy atom. The predicted octanol–water partition coefficient (Wildman–Crippen LogP) is 12.5. The lowest BCUT2D eigenvalue weighted by atomic mass is 10.1. The van der Waals surface area contributed by atoms with Crippen molar-refractivity contribution in [3.05, 3.63) is 85.1 Å². The van der Waals surface area contributed by atoms with Gasteiger partial charge < -0.3 is 15.5 Å². The average Bonchev–Trinajstić information content (AvgIpc) is 3.10. The summed E-state index contributed by atoms with van der Waals surface area (Å²) < 4.78 is 0. The fraction of sp³-hybridized carbons (Fsp3) is 0.667. The van der Waals surface area contributed by atoms with Crippen LogP contribution >= 0.6 is 0 Å². The standard InChI is InChI=1S/C45H77NO3/c1-3-5-7-9-11-13-15-17-18-19-20-21-22-23-24-25-26-27-28-29-31-33-35-37-39-41-45(49)46-43(42-47)44(48)40-38-36-34-32-30-16-14-12-10-8-6-4-2/h5,7,11,13,17-18,20-21,23-24,30,32,38,40,43-44,47-48H,3-4,6,8-10,12,14-16,19,22,25-29,31,33-37,39,41-42H2,1-2H3,(H,46,49)/b7-5-,13-11-,18-17-,21-20-,24-23-,32-30+,40-38+. The summed E-state index contributed by atoms with van der Waals surface area (Å²) in [6.45, 7) is 4.14. The van der Waals surface area contributed by atoms with Gasteiger partial charge in [0.25, 0.3) is 0 Å². The van der Waals surface area contributed by atoms with E-state index in [0.29, 0.717) is 6.42 Å². The van der Waals surface area contributed by atoms with Gasteiger partial charge in [-0.15, -0.1) is 0 Å². The molecule has 0 radical (unpaired) electrons. The first kappa shape index (κ1) is 46.6. The smallest absolute Gasteiger partial charge is 0.220 e. The average molecular weight is 680 g/mol. The molecule has 2 unspecified atom stereocenters. The molecule has 49 heavy (non-hydrogen) atoms. The van der Waals surface area contributed by atoms with Crippen LogP contribution in [0.3, 0.4) is 0 Å². The minimum Gasteiger partial charge on any atom is -0.394 e. The largest absolute Gasteiger partial charge is 0.394 e. The normalized spacial score (nSPS) is 14.0. The summed E-state index contributed by atoms with van der Waals surface area (Å²) in [6.07, 6.45) is 58.2. The van der Waals surface area contributed by atoms with E-state index in [9.17, 15) is 15.0 Å². The van der Waals surface area contributed by atoms with Crippen molar-refractivity contribution in [2.45, 2.75) is 187 Å². The number of amides is 1. The van der Waals surface area contributed by atoms with Gasteiger partial charge in [0.2, 0.25) is 5.91 Å². The van der Waals surface area contributed by atoms with Gasteiger partial charge in [0.05, 0.1) is 18.8 Å². The Balaban J connectivity index is 3.65. The molecule has 0 aromatic carbocycles. The molecule has 0 aromatic heterocycles. The molecule has 0 aliphatic carbocycles. The van der Waals surface area contributed by atoms with Gasteiger partial charge >= 0.3 is 0 Å². The molecular weight excluding hydrogens is 602 g/mol. The number of carbonyl (C=O) groups is 1. The highest BCUT2D eigenvalue weighted by molar-refractivity contribution is 5.76. The molecule has 4 nitrogen and oxygen atoms in total. The summed E-state index contributed by atoms with van der Waals surface area (Å²) in [7, 11) is 0. The maximum atomic E-state index is 12.3. The predicted molar refractivity (Wildman–Crippen MR) is 216 cm³/mol. The minimum atomic E-state index is -0.867. The van der Waals surface area contributed by atoms with Gasteiger partial charge in [-0.25, -0.2) is 0 Å². The van der Waals surface area contributed by atoms with Crippen molar-refractivity contribution in [1.82, 2.24) is 5.32 Å². The zero-order chi connectivity index (χ0) is 35.7. The highest BCUT2D eigenvalue weighted by Gasteiger charge is 2.17. The Bertz CT molecular complexity index is 910. The lowest BCUT2D eigenvalue weighted by Gasteiger charge is -2.19. The number of carbonyl (C=O) groups excluding carboxylic acids is 1. The van der Waals surface area contributed by atoms with Gasteiger partial charge in [-0.2, -0.15) is 0 Å². The third kappa shape index (κ3) is 36.7. The van der Waals surface area contributed by atoms with E-state index in [2.05, 4.69) is 92.1 Å². The summed E-state index contributed by atoms with van der Waals surface area (Å²) in [5.74, 6) is -0.0864. The van der Waals surface area contributed by atoms with E-state index in [0.717, 1.165) is 70.6 Å². The summed E-state index contributed by atoms with van der Waals surface area (Å²) in [5, 5.41) is 22.9. The number of unbranched alkanes of at least 4 members (excludes halogenated alkanes) is 16. The van der Waals surface area contributed by atoms with Crippen molar-refractivity contribution in [3.8, 4) is 0 Å². The molecule has 4 heteroatoms. The van der Waals surface area contributed by atoms with Gasteiger partial charge in [0.15, 0.2) is 0 Å². The molecular formula is C45H77NO3. The molecule has 0 saturated carbocycles. The summed E-state index contributed by atoms with van der Waals surface area (Å²) in [4.78, 5) is 12.3. The Labute approximate surface area is 303 Å². The van der Waals surface area contributed by atoms with Crippen LogP contribution in [0.1, 0.15) is 174 Å². The maximum Gasteiger partial charge on any atom is 0.220 e. The van der Waals surface area contributed by atoms with E-state index in [-0.39, 0.29) is 12.5 Å². The fourth-order valence-corrected chi connectivity index (χ4v) is 5.51. The van der Waals surface area contributed by atoms with Crippen molar-refractivity contribution >= 4 is 5.91 Å². The SMILES string of the molecule is CC/C=C\C/C=C\C/C=C\C/C=C\C/C=C\CCCCCCCCCCCC(=O)NC(CO)C(O)/C=C/CC/C=C/CCCCCCCC. The number of rotatable bonds is 35. The number of aliphatic hydroxyl groups excluding tert-OH is 2. The topological polar surface area (TPSA) is 69.6 Å². The lowest BCUT2D eigenvalue weighted by molar-refractivity contribution is -0.123. The van der Waals surface area contributed by atoms with E-state index in [4.69, 9.17) is 0 Å². The monoisotopic (exact) mass is 680 g/mol. The zero-order valence-electron chi connectivity index (χ0n) is 31.9. The Hall–Kier alpha value is -2.43. The molecule has 0 aliphatic rings. The second-order valence-electron chi connectivity index (χ2n) is 13.3. The first-order chi connectivity index (χ1) is 24.2. The second kappa shape index (κ2) is 40.0. The molecule has 3 N–H and O–H groups in total. The summed E-state index contributed by atoms with van der Waals surface area (Å²) >= 11 is 0. The molecule has 0 aromatic rings. The molecule has 0 spiro atoms. The van der Waals surface area contributed by atoms with Crippen LogP contribution in [0.15, 0.2) is 85.1 Å². The van der Waals surface area contributed by atoms with Crippen LogP contribution in [0.5, 0.6) is 0 Å². The van der Waals surface area contributed by atoms with E-state index in [1.165, 1.54) is 83.5 Å². The van der Waals surface area contributed by atoms with Crippen molar-refractivity contribution in [2.24, 2.45) is 0 Å². The van der Waals surface area contributed by atoms with Crippen LogP contribution < -0.4 is 5.32 Å². The second-order valence-corrected chi connectivity index (χ2v) is 13.3. The molecule has 280 valence electrons. The van der Waals surface area contributed by atoms with Gasteiger partial charge in [0.1, 0.15) is 0 Å². The van der Waals surface area contributed by atoms with E-state index < -0.39 is 12.1 Å². The Kier molecular flexibility index (Phi) is 38.0. The van der Waals surface area contributed by atoms with Crippen LogP contribution in [0.25, 0.3) is 0 Å². The highest BCUT2D eigenvalue weighted by Crippen LogP contribution is 2.12. The van der Waals surface area contributed by atoms with Gasteiger partial charge in [-0.1, -0.05) is 176 Å². The molecule has 0 rings (SSSR count). The third-order valence-corrected chi connectivity index (χ3v) is 8.61. The molecule has 0 heterocycles. The Morgan fingerprint density at radius 2 is 0.918 bits per heavy atom. The molecule has 0 saturated heterocycles. The van der Waals surface area contributed by atoms with Gasteiger partial charge in [-0.3, -0.25) is 4.79 Å². The number of hydrogen-bond donors (Lipinski definition) is 3. The third-order valence-electron chi connectivity index (χ3n) is 8.61. The van der Waals surface area contributed by atoms with Crippen molar-refractivity contribution < 1.29 is 15.0 Å². The molecule has 1 amide bonds. The first-order valence-electron chi connectivity index (χ1n) is 20.3. The molecule has 0 fully saturated rings. The molecule has 0 aliphatic heterocycles. The maximum absolute atomic E-state index is 12.3. The summed E-state index contributed by atoms with van der Waals surface area (Å²) in [5.41, 5.74) is 0. The number of aliphatic hydroxyl groups is 2. The fourth-order valence-electron chi connectivity index (χ4n) is 5.51. The first-order valence-corrected chi connectivity index (χ1v) is 20.3. The quantitative estimate of drug-likeness (QED) is 0.0461. The number of allylic oxidation sites excluding steroid dienone is 13. The summed E-state index contributed by atoms with van der Waals surface area (Å²) in [6, 6.07) is -0.645. The molecule has 0 bridgehead atoms. The van der Waals surface area contributed by atoms with E-state index in [1.807, 2.05) is 6.08 Å². The molecule has 2 atom stereocenters. The van der Waals surface area contributed by atoms with Gasteiger partial charge in [0, 0.05) is 6.42 Å². The van der Waals surface area contributed by atoms with Crippen molar-refractivity contribution in [1.29, 1.82) is 0 Å². The van der Waals surface area contributed by atoms with E-state index >= 15 is 0 Å². The van der Waals surface area contributed by atoms with Crippen LogP contribution in [0.4, 0.5) is 0 Å². The lowest BCUT2D eigenvalue weighted by Crippen LogP contribution is -2.45. The van der Waals surface area contributed by atoms with Crippen molar-refractivity contribution in [2.75, 3.05) is 6.61 Å². The highest BCUT2D eigenvalue weighted by atomic mass is 16.3. The Morgan fingerprint density at radius 1 is 0.510 bits per heavy atom. The van der Waals surface area contributed by atoms with Crippen LogP contribution in [-0.4, -0.2) is 34.9 Å².